The van der Waals surface area contributed by atoms with Crippen LogP contribution in [0.15, 0.2) is 29.8 Å². The Kier molecular flexibility index (Phi) is 5.36. The molecule has 0 amide bonds. The van der Waals surface area contributed by atoms with Crippen molar-refractivity contribution in [2.24, 2.45) is 0 Å². The summed E-state index contributed by atoms with van der Waals surface area (Å²) in [6, 6.07) is 7.25. The molecule has 104 valence electrons. The molecule has 0 aliphatic rings. The van der Waals surface area contributed by atoms with Crippen molar-refractivity contribution in [3.05, 3.63) is 45.4 Å². The zero-order valence-corrected chi connectivity index (χ0v) is 12.5. The van der Waals surface area contributed by atoms with Gasteiger partial charge in [-0.05, 0) is 19.2 Å². The van der Waals surface area contributed by atoms with E-state index in [1.165, 1.54) is 0 Å². The number of rotatable bonds is 6. The van der Waals surface area contributed by atoms with Crippen LogP contribution >= 0.6 is 22.9 Å². The van der Waals surface area contributed by atoms with Crippen LogP contribution in [0.5, 0.6) is 5.75 Å². The van der Waals surface area contributed by atoms with Crippen LogP contribution in [0.4, 0.5) is 0 Å². The van der Waals surface area contributed by atoms with Crippen molar-refractivity contribution >= 4 is 22.9 Å². The first kappa shape index (κ1) is 14.8. The third-order valence-electron chi connectivity index (χ3n) is 2.83. The Balaban J connectivity index is 1.96. The summed E-state index contributed by atoms with van der Waals surface area (Å²) in [6.45, 7) is 0.486. The molecule has 0 aliphatic heterocycles. The van der Waals surface area contributed by atoms with Crippen LogP contribution in [-0.2, 0) is 0 Å². The van der Waals surface area contributed by atoms with Crippen molar-refractivity contribution < 1.29 is 4.74 Å². The van der Waals surface area contributed by atoms with E-state index in [2.05, 4.69) is 16.4 Å². The smallest absolute Gasteiger partial charge is 0.138 e. The average Bonchev–Trinajstić information content (AvgIpc) is 2.98. The Hall–Kier alpha value is -1.61. The first-order chi connectivity index (χ1) is 9.74. The zero-order valence-electron chi connectivity index (χ0n) is 11.0. The lowest BCUT2D eigenvalue weighted by atomic mass is 10.2. The Morgan fingerprint density at radius 3 is 3.05 bits per heavy atom. The summed E-state index contributed by atoms with van der Waals surface area (Å²) in [5, 5.41) is 15.8. The molecule has 1 aromatic heterocycles. The highest BCUT2D eigenvalue weighted by Gasteiger charge is 2.12. The summed E-state index contributed by atoms with van der Waals surface area (Å²) in [7, 11) is 1.89. The van der Waals surface area contributed by atoms with Gasteiger partial charge in [0.15, 0.2) is 0 Å². The Morgan fingerprint density at radius 1 is 1.55 bits per heavy atom. The predicted octanol–water partition coefficient (Wildman–Crippen LogP) is 3.40. The fraction of sp³-hybridized carbons (Fsp3) is 0.286. The van der Waals surface area contributed by atoms with Gasteiger partial charge in [-0.1, -0.05) is 11.6 Å². The molecule has 1 heterocycles. The van der Waals surface area contributed by atoms with Crippen molar-refractivity contribution in [1.82, 2.24) is 10.3 Å². The molecule has 1 atom stereocenters. The lowest BCUT2D eigenvalue weighted by Gasteiger charge is -2.14. The number of nitriles is 1. The van der Waals surface area contributed by atoms with Gasteiger partial charge in [0.25, 0.3) is 0 Å². The summed E-state index contributed by atoms with van der Waals surface area (Å²) < 4.78 is 5.67. The molecular weight excluding hydrogens is 294 g/mol. The van der Waals surface area contributed by atoms with E-state index in [1.54, 1.807) is 35.7 Å². The van der Waals surface area contributed by atoms with E-state index in [4.69, 9.17) is 21.6 Å². The zero-order chi connectivity index (χ0) is 14.4. The minimum absolute atomic E-state index is 0.153. The second-order valence-corrected chi connectivity index (χ2v) is 5.46. The molecule has 2 rings (SSSR count). The number of halogens is 1. The fourth-order valence-electron chi connectivity index (χ4n) is 1.79. The van der Waals surface area contributed by atoms with Crippen LogP contribution < -0.4 is 10.1 Å². The quantitative estimate of drug-likeness (QED) is 0.888. The SMILES string of the molecule is CNC(CCOc1cc(Cl)ccc1C#N)c1nccs1. The number of hydrogen-bond acceptors (Lipinski definition) is 5. The van der Waals surface area contributed by atoms with E-state index in [-0.39, 0.29) is 6.04 Å². The maximum absolute atomic E-state index is 9.02. The lowest BCUT2D eigenvalue weighted by Crippen LogP contribution is -2.19. The van der Waals surface area contributed by atoms with Crippen LogP contribution in [0.3, 0.4) is 0 Å². The fourth-order valence-corrected chi connectivity index (χ4v) is 2.74. The Bertz CT molecular complexity index is 595. The molecule has 0 bridgehead atoms. The Labute approximate surface area is 127 Å². The van der Waals surface area contributed by atoms with E-state index >= 15 is 0 Å². The van der Waals surface area contributed by atoms with Gasteiger partial charge in [-0.2, -0.15) is 5.26 Å². The topological polar surface area (TPSA) is 57.9 Å². The number of benzene rings is 1. The third kappa shape index (κ3) is 3.70. The number of thiazole rings is 1. The van der Waals surface area contributed by atoms with Gasteiger partial charge in [0.05, 0.1) is 18.2 Å². The molecule has 0 radical (unpaired) electrons. The summed E-state index contributed by atoms with van der Waals surface area (Å²) in [6.07, 6.45) is 2.55. The van der Waals surface area contributed by atoms with E-state index in [0.29, 0.717) is 22.9 Å². The van der Waals surface area contributed by atoms with Crippen molar-refractivity contribution in [2.45, 2.75) is 12.5 Å². The number of nitrogens with one attached hydrogen (secondary N) is 1. The van der Waals surface area contributed by atoms with Gasteiger partial charge >= 0.3 is 0 Å². The van der Waals surface area contributed by atoms with Gasteiger partial charge in [0.1, 0.15) is 16.8 Å². The van der Waals surface area contributed by atoms with E-state index in [0.717, 1.165) is 11.4 Å². The summed E-state index contributed by atoms with van der Waals surface area (Å²) >= 11 is 7.52. The van der Waals surface area contributed by atoms with Crippen molar-refractivity contribution in [3.63, 3.8) is 0 Å². The molecule has 0 spiro atoms. The van der Waals surface area contributed by atoms with Crippen LogP contribution in [0.25, 0.3) is 0 Å². The predicted molar refractivity (Wildman–Crippen MR) is 80.2 cm³/mol. The average molecular weight is 308 g/mol. The van der Waals surface area contributed by atoms with Crippen molar-refractivity contribution in [3.8, 4) is 11.8 Å². The monoisotopic (exact) mass is 307 g/mol. The van der Waals surface area contributed by atoms with Gasteiger partial charge < -0.3 is 10.1 Å². The second kappa shape index (κ2) is 7.25. The maximum Gasteiger partial charge on any atom is 0.138 e. The minimum Gasteiger partial charge on any atom is -0.492 e. The lowest BCUT2D eigenvalue weighted by molar-refractivity contribution is 0.289. The molecule has 1 aromatic carbocycles. The highest BCUT2D eigenvalue weighted by Crippen LogP contribution is 2.24. The van der Waals surface area contributed by atoms with Gasteiger partial charge in [-0.25, -0.2) is 4.98 Å². The van der Waals surface area contributed by atoms with Crippen LogP contribution in [0.1, 0.15) is 23.0 Å². The molecule has 1 unspecified atom stereocenters. The van der Waals surface area contributed by atoms with E-state index < -0.39 is 0 Å². The maximum atomic E-state index is 9.02. The first-order valence-electron chi connectivity index (χ1n) is 6.13. The number of aromatic nitrogens is 1. The highest BCUT2D eigenvalue weighted by molar-refractivity contribution is 7.09. The third-order valence-corrected chi connectivity index (χ3v) is 3.95. The number of ether oxygens (including phenoxy) is 1. The molecule has 6 heteroatoms. The molecule has 20 heavy (non-hydrogen) atoms. The molecule has 0 saturated carbocycles. The van der Waals surface area contributed by atoms with Crippen LogP contribution in [0.2, 0.25) is 5.02 Å². The van der Waals surface area contributed by atoms with Gasteiger partial charge in [-0.3, -0.25) is 0 Å². The van der Waals surface area contributed by atoms with Gasteiger partial charge in [0.2, 0.25) is 0 Å². The van der Waals surface area contributed by atoms with E-state index in [1.807, 2.05) is 12.4 Å². The largest absolute Gasteiger partial charge is 0.492 e. The van der Waals surface area contributed by atoms with E-state index in [9.17, 15) is 0 Å². The van der Waals surface area contributed by atoms with Gasteiger partial charge in [-0.15, -0.1) is 11.3 Å². The van der Waals surface area contributed by atoms with Crippen molar-refractivity contribution in [2.75, 3.05) is 13.7 Å². The first-order valence-corrected chi connectivity index (χ1v) is 7.39. The van der Waals surface area contributed by atoms with Crippen molar-refractivity contribution in [1.29, 1.82) is 5.26 Å². The summed E-state index contributed by atoms with van der Waals surface area (Å²) in [5.41, 5.74) is 0.490. The van der Waals surface area contributed by atoms with Crippen LogP contribution in [0, 0.1) is 11.3 Å². The molecule has 0 aliphatic carbocycles. The number of hydrogen-bond donors (Lipinski definition) is 1. The molecule has 0 saturated heterocycles. The highest BCUT2D eigenvalue weighted by atomic mass is 35.5. The summed E-state index contributed by atoms with van der Waals surface area (Å²) in [5.74, 6) is 0.522. The molecule has 0 fully saturated rings. The summed E-state index contributed by atoms with van der Waals surface area (Å²) in [4.78, 5) is 4.29. The molecular formula is C14H14ClN3OS. The molecule has 4 nitrogen and oxygen atoms in total. The number of nitrogens with zero attached hydrogens (tertiary/aromatic N) is 2. The molecule has 1 N–H and O–H groups in total. The second-order valence-electron chi connectivity index (χ2n) is 4.10. The Morgan fingerprint density at radius 2 is 2.40 bits per heavy atom. The standard InChI is InChI=1S/C14H14ClN3OS/c1-17-12(14-18-5-7-20-14)4-6-19-13-8-11(15)3-2-10(13)9-16/h2-3,5,7-8,12,17H,4,6H2,1H3. The normalized spacial score (nSPS) is 11.8. The van der Waals surface area contributed by atoms with Crippen LogP contribution in [-0.4, -0.2) is 18.6 Å². The molecule has 2 aromatic rings. The van der Waals surface area contributed by atoms with Gasteiger partial charge in [0, 0.05) is 29.1 Å². The minimum atomic E-state index is 0.153.